The lowest BCUT2D eigenvalue weighted by molar-refractivity contribution is -0.0294. The summed E-state index contributed by atoms with van der Waals surface area (Å²) in [7, 11) is 0. The number of fused-ring (bicyclic) bond motifs is 1. The molecule has 3 heterocycles. The van der Waals surface area contributed by atoms with Gasteiger partial charge in [0.1, 0.15) is 6.04 Å². The van der Waals surface area contributed by atoms with Gasteiger partial charge in [-0.05, 0) is 24.4 Å². The van der Waals surface area contributed by atoms with E-state index < -0.39 is 0 Å². The molecule has 0 bridgehead atoms. The van der Waals surface area contributed by atoms with Crippen molar-refractivity contribution in [1.82, 2.24) is 20.3 Å². The molecule has 6 heteroatoms. The summed E-state index contributed by atoms with van der Waals surface area (Å²) in [5.41, 5.74) is 0.980. The van der Waals surface area contributed by atoms with Crippen LogP contribution in [-0.4, -0.2) is 28.2 Å². The summed E-state index contributed by atoms with van der Waals surface area (Å²) >= 11 is 1.84. The van der Waals surface area contributed by atoms with E-state index in [-0.39, 0.29) is 6.04 Å². The fraction of sp³-hybridized carbons (Fsp3) is 0.375. The molecule has 114 valence electrons. The predicted molar refractivity (Wildman–Crippen MR) is 87.0 cm³/mol. The first kappa shape index (κ1) is 13.9. The van der Waals surface area contributed by atoms with Gasteiger partial charge in [-0.15, -0.1) is 16.4 Å². The number of thiophene rings is 1. The van der Waals surface area contributed by atoms with Gasteiger partial charge in [-0.2, -0.15) is 0 Å². The molecule has 0 saturated carbocycles. The zero-order valence-corrected chi connectivity index (χ0v) is 13.2. The molecule has 5 nitrogen and oxygen atoms in total. The lowest BCUT2D eigenvalue weighted by Crippen LogP contribution is -2.31. The van der Waals surface area contributed by atoms with E-state index in [2.05, 4.69) is 52.9 Å². The van der Waals surface area contributed by atoms with Crippen LogP contribution in [0.25, 0.3) is 10.1 Å². The standard InChI is InChI=1S/C16H18N4OS/c1-11(15-8-20(19-18-15)13-9-21-10-13)17-7-14-6-12-4-2-3-5-16(12)22-14/h2-6,8,11,13,17H,7,9-10H2,1H3. The van der Waals surface area contributed by atoms with E-state index >= 15 is 0 Å². The van der Waals surface area contributed by atoms with E-state index in [1.165, 1.54) is 15.0 Å². The molecular weight excluding hydrogens is 296 g/mol. The minimum atomic E-state index is 0.181. The highest BCUT2D eigenvalue weighted by Gasteiger charge is 2.22. The maximum atomic E-state index is 5.19. The van der Waals surface area contributed by atoms with Crippen molar-refractivity contribution in [2.45, 2.75) is 25.6 Å². The van der Waals surface area contributed by atoms with Crippen LogP contribution in [0, 0.1) is 0 Å². The van der Waals surface area contributed by atoms with Crippen LogP contribution >= 0.6 is 11.3 Å². The van der Waals surface area contributed by atoms with Crippen molar-refractivity contribution in [2.75, 3.05) is 13.2 Å². The normalized spacial score (nSPS) is 16.8. The van der Waals surface area contributed by atoms with Crippen molar-refractivity contribution >= 4 is 21.4 Å². The lowest BCUT2D eigenvalue weighted by Gasteiger charge is -2.25. The molecule has 1 aromatic carbocycles. The van der Waals surface area contributed by atoms with E-state index in [1.54, 1.807) is 0 Å². The summed E-state index contributed by atoms with van der Waals surface area (Å²) in [4.78, 5) is 1.34. The van der Waals surface area contributed by atoms with Crippen LogP contribution < -0.4 is 5.32 Å². The molecule has 1 atom stereocenters. The molecule has 3 aromatic rings. The average molecular weight is 314 g/mol. The number of aromatic nitrogens is 3. The SMILES string of the molecule is CC(NCc1cc2ccccc2s1)c1cn(C2COC2)nn1. The van der Waals surface area contributed by atoms with Crippen LogP contribution in [0.1, 0.15) is 29.6 Å². The molecule has 1 N–H and O–H groups in total. The highest BCUT2D eigenvalue weighted by atomic mass is 32.1. The second-order valence-electron chi connectivity index (χ2n) is 5.67. The second kappa shape index (κ2) is 5.79. The third kappa shape index (κ3) is 2.65. The van der Waals surface area contributed by atoms with E-state index in [1.807, 2.05) is 22.2 Å². The summed E-state index contributed by atoms with van der Waals surface area (Å²) in [5, 5.41) is 13.3. The van der Waals surface area contributed by atoms with Crippen molar-refractivity contribution in [3.63, 3.8) is 0 Å². The zero-order valence-electron chi connectivity index (χ0n) is 12.4. The monoisotopic (exact) mass is 314 g/mol. The molecule has 0 spiro atoms. The van der Waals surface area contributed by atoms with Gasteiger partial charge in [0.25, 0.3) is 0 Å². The first-order chi connectivity index (χ1) is 10.8. The van der Waals surface area contributed by atoms with E-state index in [4.69, 9.17) is 4.74 Å². The average Bonchev–Trinajstić information content (AvgIpc) is 3.09. The predicted octanol–water partition coefficient (Wildman–Crippen LogP) is 2.91. The molecule has 1 unspecified atom stereocenters. The van der Waals surface area contributed by atoms with Gasteiger partial charge in [0.15, 0.2) is 0 Å². The molecule has 0 radical (unpaired) electrons. The Morgan fingerprint density at radius 2 is 2.27 bits per heavy atom. The highest BCUT2D eigenvalue weighted by molar-refractivity contribution is 7.19. The Balaban J connectivity index is 1.40. The lowest BCUT2D eigenvalue weighted by atomic mass is 10.2. The van der Waals surface area contributed by atoms with Crippen molar-refractivity contribution in [3.05, 3.63) is 47.1 Å². The van der Waals surface area contributed by atoms with Crippen LogP contribution in [0.4, 0.5) is 0 Å². The van der Waals surface area contributed by atoms with Gasteiger partial charge in [0.05, 0.1) is 31.1 Å². The molecule has 2 aromatic heterocycles. The zero-order chi connectivity index (χ0) is 14.9. The quantitative estimate of drug-likeness (QED) is 0.787. The van der Waals surface area contributed by atoms with Crippen LogP contribution in [0.2, 0.25) is 0 Å². The van der Waals surface area contributed by atoms with Crippen LogP contribution in [0.3, 0.4) is 0 Å². The van der Waals surface area contributed by atoms with Gasteiger partial charge in [-0.3, -0.25) is 0 Å². The molecule has 0 amide bonds. The molecule has 22 heavy (non-hydrogen) atoms. The Morgan fingerprint density at radius 3 is 3.05 bits per heavy atom. The Labute approximate surface area is 132 Å². The highest BCUT2D eigenvalue weighted by Crippen LogP contribution is 2.25. The summed E-state index contributed by atoms with van der Waals surface area (Å²) in [6.45, 7) is 4.46. The topological polar surface area (TPSA) is 52.0 Å². The van der Waals surface area contributed by atoms with Gasteiger partial charge >= 0.3 is 0 Å². The number of hydrogen-bond acceptors (Lipinski definition) is 5. The number of hydrogen-bond donors (Lipinski definition) is 1. The summed E-state index contributed by atoms with van der Waals surface area (Å²) in [6, 6.07) is 11.3. The van der Waals surface area contributed by atoms with E-state index in [0.717, 1.165) is 25.5 Å². The Kier molecular flexibility index (Phi) is 3.65. The number of rotatable bonds is 5. The molecular formula is C16H18N4OS. The van der Waals surface area contributed by atoms with E-state index in [0.29, 0.717) is 6.04 Å². The number of benzene rings is 1. The number of ether oxygens (including phenoxy) is 1. The smallest absolute Gasteiger partial charge is 0.100 e. The first-order valence-corrected chi connectivity index (χ1v) is 8.31. The van der Waals surface area contributed by atoms with Crippen molar-refractivity contribution in [3.8, 4) is 0 Å². The molecule has 1 aliphatic rings. The van der Waals surface area contributed by atoms with Gasteiger partial charge in [-0.25, -0.2) is 4.68 Å². The first-order valence-electron chi connectivity index (χ1n) is 7.50. The maximum absolute atomic E-state index is 5.19. The summed E-state index contributed by atoms with van der Waals surface area (Å²) < 4.78 is 8.44. The number of nitrogens with one attached hydrogen (secondary N) is 1. The van der Waals surface area contributed by atoms with Crippen molar-refractivity contribution in [1.29, 1.82) is 0 Å². The third-order valence-electron chi connectivity index (χ3n) is 4.03. The Morgan fingerprint density at radius 1 is 1.41 bits per heavy atom. The molecule has 1 aliphatic heterocycles. The minimum absolute atomic E-state index is 0.181. The summed E-state index contributed by atoms with van der Waals surface area (Å²) in [6.07, 6.45) is 2.02. The van der Waals surface area contributed by atoms with Crippen LogP contribution in [-0.2, 0) is 11.3 Å². The molecule has 4 rings (SSSR count). The Bertz CT molecular complexity index is 744. The molecule has 0 aliphatic carbocycles. The van der Waals surface area contributed by atoms with Gasteiger partial charge in [0, 0.05) is 16.1 Å². The van der Waals surface area contributed by atoms with Crippen molar-refractivity contribution in [2.24, 2.45) is 0 Å². The third-order valence-corrected chi connectivity index (χ3v) is 5.14. The largest absolute Gasteiger partial charge is 0.377 e. The van der Waals surface area contributed by atoms with Crippen LogP contribution in [0.5, 0.6) is 0 Å². The fourth-order valence-corrected chi connectivity index (χ4v) is 3.54. The molecule has 1 saturated heterocycles. The second-order valence-corrected chi connectivity index (χ2v) is 6.84. The molecule has 1 fully saturated rings. The van der Waals surface area contributed by atoms with Gasteiger partial charge < -0.3 is 10.1 Å². The van der Waals surface area contributed by atoms with Gasteiger partial charge in [0.2, 0.25) is 0 Å². The minimum Gasteiger partial charge on any atom is -0.377 e. The van der Waals surface area contributed by atoms with Gasteiger partial charge in [-0.1, -0.05) is 23.4 Å². The maximum Gasteiger partial charge on any atom is 0.100 e. The van der Waals surface area contributed by atoms with Crippen LogP contribution in [0.15, 0.2) is 36.5 Å². The number of nitrogens with zero attached hydrogens (tertiary/aromatic N) is 3. The van der Waals surface area contributed by atoms with Crippen molar-refractivity contribution < 1.29 is 4.74 Å². The fourth-order valence-electron chi connectivity index (χ4n) is 2.53. The van der Waals surface area contributed by atoms with E-state index in [9.17, 15) is 0 Å². The summed E-state index contributed by atoms with van der Waals surface area (Å²) in [5.74, 6) is 0. The Hall–Kier alpha value is -1.76.